The molecule has 0 spiro atoms. The van der Waals surface area contributed by atoms with Gasteiger partial charge in [-0.2, -0.15) is 0 Å². The number of halogens is 1. The van der Waals surface area contributed by atoms with E-state index < -0.39 is 0 Å². The van der Waals surface area contributed by atoms with E-state index in [1.54, 1.807) is 12.1 Å². The maximum absolute atomic E-state index is 12.9. The molecule has 128 valence electrons. The van der Waals surface area contributed by atoms with Crippen molar-refractivity contribution >= 4 is 34.1 Å². The maximum atomic E-state index is 12.9. The van der Waals surface area contributed by atoms with Gasteiger partial charge in [0.2, 0.25) is 11.0 Å². The number of rotatable bonds is 6. The zero-order valence-electron chi connectivity index (χ0n) is 13.4. The van der Waals surface area contributed by atoms with Crippen LogP contribution in [0.25, 0.3) is 0 Å². The van der Waals surface area contributed by atoms with Crippen LogP contribution in [0, 0.1) is 5.82 Å². The molecule has 1 N–H and O–H groups in total. The summed E-state index contributed by atoms with van der Waals surface area (Å²) in [6.07, 6.45) is 2.19. The van der Waals surface area contributed by atoms with Gasteiger partial charge in [-0.05, 0) is 37.5 Å². The summed E-state index contributed by atoms with van der Waals surface area (Å²) in [4.78, 5) is 14.2. The third-order valence-electron chi connectivity index (χ3n) is 3.81. The SMILES string of the molecule is C[C@@H](Sc1nnc(NCc2ccc(F)cc2)s1)C(=O)N1CCCC1. The summed E-state index contributed by atoms with van der Waals surface area (Å²) in [5.41, 5.74) is 0.971. The predicted molar refractivity (Wildman–Crippen MR) is 94.8 cm³/mol. The van der Waals surface area contributed by atoms with E-state index in [9.17, 15) is 9.18 Å². The molecular formula is C16H19FN4OS2. The van der Waals surface area contributed by atoms with Crippen molar-refractivity contribution in [3.8, 4) is 0 Å². The van der Waals surface area contributed by atoms with Crippen molar-refractivity contribution in [1.29, 1.82) is 0 Å². The Labute approximate surface area is 148 Å². The van der Waals surface area contributed by atoms with E-state index >= 15 is 0 Å². The molecule has 1 aliphatic heterocycles. The molecule has 0 saturated carbocycles. The van der Waals surface area contributed by atoms with Crippen molar-refractivity contribution < 1.29 is 9.18 Å². The van der Waals surface area contributed by atoms with Crippen LogP contribution in [-0.4, -0.2) is 39.3 Å². The van der Waals surface area contributed by atoms with Gasteiger partial charge in [0.15, 0.2) is 4.34 Å². The number of nitrogens with one attached hydrogen (secondary N) is 1. The molecule has 5 nitrogen and oxygen atoms in total. The number of likely N-dealkylation sites (tertiary alicyclic amines) is 1. The summed E-state index contributed by atoms with van der Waals surface area (Å²) in [6, 6.07) is 6.33. The number of carbonyl (C=O) groups is 1. The number of amides is 1. The van der Waals surface area contributed by atoms with E-state index in [2.05, 4.69) is 15.5 Å². The minimum Gasteiger partial charge on any atom is -0.356 e. The third kappa shape index (κ3) is 4.45. The van der Waals surface area contributed by atoms with Crippen LogP contribution >= 0.6 is 23.1 Å². The van der Waals surface area contributed by atoms with Gasteiger partial charge in [-0.3, -0.25) is 4.79 Å². The van der Waals surface area contributed by atoms with Crippen LogP contribution in [0.4, 0.5) is 9.52 Å². The highest BCUT2D eigenvalue weighted by Gasteiger charge is 2.24. The summed E-state index contributed by atoms with van der Waals surface area (Å²) in [5, 5.41) is 11.9. The van der Waals surface area contributed by atoms with E-state index in [0.29, 0.717) is 11.7 Å². The fourth-order valence-electron chi connectivity index (χ4n) is 2.51. The van der Waals surface area contributed by atoms with E-state index in [0.717, 1.165) is 35.8 Å². The molecule has 8 heteroatoms. The van der Waals surface area contributed by atoms with E-state index in [1.165, 1.54) is 35.2 Å². The molecule has 0 bridgehead atoms. The Morgan fingerprint density at radius 3 is 2.75 bits per heavy atom. The Morgan fingerprint density at radius 2 is 2.04 bits per heavy atom. The standard InChI is InChI=1S/C16H19FN4OS2/c1-11(14(22)21-8-2-3-9-21)23-16-20-19-15(24-16)18-10-12-4-6-13(17)7-5-12/h4-7,11H,2-3,8-10H2,1H3,(H,18,19)/t11-/m1/s1. The Hall–Kier alpha value is -1.67. The summed E-state index contributed by atoms with van der Waals surface area (Å²) in [5.74, 6) is -0.0708. The number of nitrogens with zero attached hydrogens (tertiary/aromatic N) is 3. The zero-order valence-corrected chi connectivity index (χ0v) is 15.0. The van der Waals surface area contributed by atoms with Gasteiger partial charge in [0.25, 0.3) is 0 Å². The van der Waals surface area contributed by atoms with Crippen molar-refractivity contribution in [3.63, 3.8) is 0 Å². The minimum atomic E-state index is -0.245. The lowest BCUT2D eigenvalue weighted by atomic mass is 10.2. The second-order valence-corrected chi connectivity index (χ2v) is 8.21. The Kier molecular flexibility index (Phi) is 5.68. The molecule has 1 aromatic heterocycles. The molecule has 1 aromatic carbocycles. The smallest absolute Gasteiger partial charge is 0.235 e. The van der Waals surface area contributed by atoms with Crippen molar-refractivity contribution in [3.05, 3.63) is 35.6 Å². The number of hydrogen-bond donors (Lipinski definition) is 1. The lowest BCUT2D eigenvalue weighted by Gasteiger charge is -2.18. The van der Waals surface area contributed by atoms with E-state index in [-0.39, 0.29) is 17.0 Å². The van der Waals surface area contributed by atoms with Crippen LogP contribution in [-0.2, 0) is 11.3 Å². The number of aromatic nitrogens is 2. The van der Waals surface area contributed by atoms with Crippen LogP contribution in [0.5, 0.6) is 0 Å². The fraction of sp³-hybridized carbons (Fsp3) is 0.438. The number of carbonyl (C=O) groups excluding carboxylic acids is 1. The molecular weight excluding hydrogens is 347 g/mol. The van der Waals surface area contributed by atoms with Crippen molar-refractivity contribution in [2.45, 2.75) is 35.9 Å². The Morgan fingerprint density at radius 1 is 1.33 bits per heavy atom. The molecule has 24 heavy (non-hydrogen) atoms. The molecule has 1 saturated heterocycles. The highest BCUT2D eigenvalue weighted by molar-refractivity contribution is 8.02. The highest BCUT2D eigenvalue weighted by atomic mass is 32.2. The molecule has 1 fully saturated rings. The lowest BCUT2D eigenvalue weighted by molar-refractivity contribution is -0.129. The molecule has 2 aromatic rings. The minimum absolute atomic E-state index is 0.152. The van der Waals surface area contributed by atoms with Crippen molar-refractivity contribution in [2.75, 3.05) is 18.4 Å². The third-order valence-corrected chi connectivity index (χ3v) is 5.86. The van der Waals surface area contributed by atoms with Gasteiger partial charge in [0.1, 0.15) is 5.82 Å². The first-order chi connectivity index (χ1) is 11.6. The highest BCUT2D eigenvalue weighted by Crippen LogP contribution is 2.30. The average Bonchev–Trinajstić information content (AvgIpc) is 3.25. The molecule has 1 atom stereocenters. The molecule has 0 radical (unpaired) electrons. The Bertz CT molecular complexity index is 686. The van der Waals surface area contributed by atoms with Gasteiger partial charge in [0, 0.05) is 19.6 Å². The van der Waals surface area contributed by atoms with Crippen molar-refractivity contribution in [2.24, 2.45) is 0 Å². The first kappa shape index (κ1) is 17.2. The lowest BCUT2D eigenvalue weighted by Crippen LogP contribution is -2.33. The Balaban J connectivity index is 1.51. The number of benzene rings is 1. The van der Waals surface area contributed by atoms with Gasteiger partial charge in [-0.1, -0.05) is 35.2 Å². The van der Waals surface area contributed by atoms with Crippen molar-refractivity contribution in [1.82, 2.24) is 15.1 Å². The summed E-state index contributed by atoms with van der Waals surface area (Å²) >= 11 is 2.88. The molecule has 0 unspecified atom stereocenters. The van der Waals surface area contributed by atoms with Gasteiger partial charge in [-0.15, -0.1) is 10.2 Å². The van der Waals surface area contributed by atoms with Crippen LogP contribution in [0.15, 0.2) is 28.6 Å². The molecule has 2 heterocycles. The van der Waals surface area contributed by atoms with Gasteiger partial charge < -0.3 is 10.2 Å². The summed E-state index contributed by atoms with van der Waals surface area (Å²) in [6.45, 7) is 4.20. The molecule has 1 amide bonds. The second-order valence-electron chi connectivity index (χ2n) is 5.65. The average molecular weight is 366 g/mol. The maximum Gasteiger partial charge on any atom is 0.235 e. The first-order valence-electron chi connectivity index (χ1n) is 7.89. The predicted octanol–water partition coefficient (Wildman–Crippen LogP) is 3.39. The van der Waals surface area contributed by atoms with Gasteiger partial charge >= 0.3 is 0 Å². The number of anilines is 1. The van der Waals surface area contributed by atoms with Gasteiger partial charge in [-0.25, -0.2) is 4.39 Å². The number of thioether (sulfide) groups is 1. The quantitative estimate of drug-likeness (QED) is 0.794. The molecule has 3 rings (SSSR count). The fourth-order valence-corrected chi connectivity index (χ4v) is 4.48. The van der Waals surface area contributed by atoms with E-state index in [4.69, 9.17) is 0 Å². The van der Waals surface area contributed by atoms with E-state index in [1.807, 2.05) is 11.8 Å². The van der Waals surface area contributed by atoms with Gasteiger partial charge in [0.05, 0.1) is 5.25 Å². The largest absolute Gasteiger partial charge is 0.356 e. The van der Waals surface area contributed by atoms with Crippen LogP contribution in [0.2, 0.25) is 0 Å². The molecule has 1 aliphatic rings. The zero-order chi connectivity index (χ0) is 16.9. The van der Waals surface area contributed by atoms with Crippen LogP contribution in [0.3, 0.4) is 0 Å². The second kappa shape index (κ2) is 7.94. The van der Waals surface area contributed by atoms with Crippen LogP contribution < -0.4 is 5.32 Å². The summed E-state index contributed by atoms with van der Waals surface area (Å²) in [7, 11) is 0. The monoisotopic (exact) mass is 366 g/mol. The number of hydrogen-bond acceptors (Lipinski definition) is 6. The topological polar surface area (TPSA) is 58.1 Å². The normalized spacial score (nSPS) is 15.5. The summed E-state index contributed by atoms with van der Waals surface area (Å²) < 4.78 is 13.7. The molecule has 0 aliphatic carbocycles. The first-order valence-corrected chi connectivity index (χ1v) is 9.59. The van der Waals surface area contributed by atoms with Crippen LogP contribution in [0.1, 0.15) is 25.3 Å².